The Balaban J connectivity index is 2.47. The smallest absolute Gasteiger partial charge is 0.0184 e. The van der Waals surface area contributed by atoms with Gasteiger partial charge in [-0.25, -0.2) is 0 Å². The van der Waals surface area contributed by atoms with Crippen LogP contribution in [0.2, 0.25) is 0 Å². The molecule has 0 N–H and O–H groups in total. The van der Waals surface area contributed by atoms with E-state index in [4.69, 9.17) is 0 Å². The first-order chi connectivity index (χ1) is 8.70. The van der Waals surface area contributed by atoms with E-state index in [0.717, 1.165) is 6.42 Å². The molecule has 0 amide bonds. The van der Waals surface area contributed by atoms with Crippen molar-refractivity contribution in [3.05, 3.63) is 65.3 Å². The molecule has 94 valence electrons. The zero-order chi connectivity index (χ0) is 13.0. The van der Waals surface area contributed by atoms with Crippen LogP contribution in [0.5, 0.6) is 0 Å². The largest absolute Gasteiger partial charge is 0.0810 e. The zero-order valence-electron chi connectivity index (χ0n) is 11.6. The fourth-order valence-electron chi connectivity index (χ4n) is 2.48. The van der Waals surface area contributed by atoms with Crippen LogP contribution in [0.15, 0.2) is 59.7 Å². The molecule has 1 atom stereocenters. The number of benzene rings is 1. The van der Waals surface area contributed by atoms with Gasteiger partial charge in [0.1, 0.15) is 0 Å². The van der Waals surface area contributed by atoms with Crippen LogP contribution in [0.25, 0.3) is 5.57 Å². The number of rotatable bonds is 2. The predicted molar refractivity (Wildman–Crippen MR) is 80.3 cm³/mol. The summed E-state index contributed by atoms with van der Waals surface area (Å²) in [6, 6.07) is 10.7. The van der Waals surface area contributed by atoms with Crippen LogP contribution in [0.3, 0.4) is 0 Å². The van der Waals surface area contributed by atoms with Gasteiger partial charge in [0.05, 0.1) is 0 Å². The summed E-state index contributed by atoms with van der Waals surface area (Å²) in [6.45, 7) is 6.69. The molecular formula is C18H22. The molecule has 2 rings (SSSR count). The van der Waals surface area contributed by atoms with E-state index in [0.29, 0.717) is 5.92 Å². The lowest BCUT2D eigenvalue weighted by atomic mass is 9.88. The van der Waals surface area contributed by atoms with E-state index in [1.165, 1.54) is 28.7 Å². The second-order valence-electron chi connectivity index (χ2n) is 5.13. The Morgan fingerprint density at radius 3 is 2.50 bits per heavy atom. The van der Waals surface area contributed by atoms with E-state index in [-0.39, 0.29) is 0 Å². The fourth-order valence-corrected chi connectivity index (χ4v) is 2.48. The topological polar surface area (TPSA) is 0 Å². The van der Waals surface area contributed by atoms with Crippen molar-refractivity contribution in [1.29, 1.82) is 0 Å². The fraction of sp³-hybridized carbons (Fsp3) is 0.333. The van der Waals surface area contributed by atoms with Gasteiger partial charge in [0, 0.05) is 0 Å². The summed E-state index contributed by atoms with van der Waals surface area (Å²) in [4.78, 5) is 0. The Morgan fingerprint density at radius 1 is 1.11 bits per heavy atom. The second kappa shape index (κ2) is 5.86. The molecule has 1 aliphatic rings. The van der Waals surface area contributed by atoms with E-state index in [9.17, 15) is 0 Å². The minimum Gasteiger partial charge on any atom is -0.0810 e. The molecule has 1 aromatic carbocycles. The van der Waals surface area contributed by atoms with Gasteiger partial charge in [-0.1, -0.05) is 61.1 Å². The van der Waals surface area contributed by atoms with Crippen molar-refractivity contribution in [1.82, 2.24) is 0 Å². The van der Waals surface area contributed by atoms with Crippen molar-refractivity contribution in [2.45, 2.75) is 33.6 Å². The first-order valence-corrected chi connectivity index (χ1v) is 6.83. The first kappa shape index (κ1) is 12.9. The Morgan fingerprint density at radius 2 is 1.83 bits per heavy atom. The molecule has 0 saturated heterocycles. The zero-order valence-corrected chi connectivity index (χ0v) is 11.6. The minimum absolute atomic E-state index is 0.652. The summed E-state index contributed by atoms with van der Waals surface area (Å²) in [5.41, 5.74) is 5.48. The van der Waals surface area contributed by atoms with Crippen LogP contribution in [0.4, 0.5) is 0 Å². The van der Waals surface area contributed by atoms with Gasteiger partial charge in [-0.05, 0) is 49.3 Å². The Hall–Kier alpha value is -1.56. The Bertz CT molecular complexity index is 486. The molecule has 1 aliphatic carbocycles. The van der Waals surface area contributed by atoms with Gasteiger partial charge in [-0.2, -0.15) is 0 Å². The lowest BCUT2D eigenvalue weighted by Gasteiger charge is -2.17. The summed E-state index contributed by atoms with van der Waals surface area (Å²) in [5, 5.41) is 0. The van der Waals surface area contributed by atoms with Gasteiger partial charge in [0.2, 0.25) is 0 Å². The van der Waals surface area contributed by atoms with Crippen LogP contribution in [0, 0.1) is 5.92 Å². The lowest BCUT2D eigenvalue weighted by molar-refractivity contribution is 0.637. The third-order valence-corrected chi connectivity index (χ3v) is 3.62. The monoisotopic (exact) mass is 238 g/mol. The normalized spacial score (nSPS) is 20.4. The van der Waals surface area contributed by atoms with Crippen molar-refractivity contribution in [2.24, 2.45) is 5.92 Å². The van der Waals surface area contributed by atoms with Gasteiger partial charge < -0.3 is 0 Å². The molecule has 0 saturated carbocycles. The molecule has 0 nitrogen and oxygen atoms in total. The summed E-state index contributed by atoms with van der Waals surface area (Å²) >= 11 is 0. The van der Waals surface area contributed by atoms with Crippen LogP contribution in [-0.4, -0.2) is 0 Å². The SMILES string of the molecule is CCC1C=C(c2ccccc2)C(C)=CC(C)=CC1. The first-order valence-electron chi connectivity index (χ1n) is 6.83. The predicted octanol–water partition coefficient (Wildman–Crippen LogP) is 5.39. The van der Waals surface area contributed by atoms with Gasteiger partial charge in [0.25, 0.3) is 0 Å². The average molecular weight is 238 g/mol. The van der Waals surface area contributed by atoms with Gasteiger partial charge in [-0.3, -0.25) is 0 Å². The van der Waals surface area contributed by atoms with Crippen molar-refractivity contribution in [3.8, 4) is 0 Å². The highest BCUT2D eigenvalue weighted by molar-refractivity contribution is 5.79. The van der Waals surface area contributed by atoms with E-state index < -0.39 is 0 Å². The maximum absolute atomic E-state index is 2.45. The van der Waals surface area contributed by atoms with E-state index >= 15 is 0 Å². The summed E-state index contributed by atoms with van der Waals surface area (Å²) < 4.78 is 0. The maximum Gasteiger partial charge on any atom is -0.0184 e. The number of allylic oxidation sites excluding steroid dienone is 6. The molecule has 1 aromatic rings. The highest BCUT2D eigenvalue weighted by Crippen LogP contribution is 2.29. The van der Waals surface area contributed by atoms with Crippen molar-refractivity contribution in [3.63, 3.8) is 0 Å². The van der Waals surface area contributed by atoms with Gasteiger partial charge in [0.15, 0.2) is 0 Å². The third kappa shape index (κ3) is 3.01. The van der Waals surface area contributed by atoms with Gasteiger partial charge in [-0.15, -0.1) is 0 Å². The second-order valence-corrected chi connectivity index (χ2v) is 5.13. The summed E-state index contributed by atoms with van der Waals surface area (Å²) in [6.07, 6.45) is 9.46. The van der Waals surface area contributed by atoms with Crippen LogP contribution < -0.4 is 0 Å². The lowest BCUT2D eigenvalue weighted by Crippen LogP contribution is -1.99. The van der Waals surface area contributed by atoms with E-state index in [1.807, 2.05) is 0 Å². The van der Waals surface area contributed by atoms with Gasteiger partial charge >= 0.3 is 0 Å². The molecule has 0 aromatic heterocycles. The molecule has 0 bridgehead atoms. The van der Waals surface area contributed by atoms with E-state index in [2.05, 4.69) is 69.3 Å². The molecule has 1 unspecified atom stereocenters. The number of hydrogen-bond acceptors (Lipinski definition) is 0. The molecule has 0 heterocycles. The molecule has 0 heteroatoms. The molecule has 0 radical (unpaired) electrons. The molecule has 18 heavy (non-hydrogen) atoms. The van der Waals surface area contributed by atoms with Crippen LogP contribution in [-0.2, 0) is 0 Å². The highest BCUT2D eigenvalue weighted by atomic mass is 14.2. The standard InChI is InChI=1S/C18H22/c1-4-16-11-10-14(2)12-15(3)18(13-16)17-8-6-5-7-9-17/h5-10,12-13,16H,4,11H2,1-3H3. The summed E-state index contributed by atoms with van der Waals surface area (Å²) in [5.74, 6) is 0.652. The van der Waals surface area contributed by atoms with Crippen LogP contribution in [0.1, 0.15) is 39.2 Å². The third-order valence-electron chi connectivity index (χ3n) is 3.62. The van der Waals surface area contributed by atoms with Crippen LogP contribution >= 0.6 is 0 Å². The minimum atomic E-state index is 0.652. The highest BCUT2D eigenvalue weighted by Gasteiger charge is 2.10. The average Bonchev–Trinajstić information content (AvgIpc) is 2.38. The molecule has 0 fully saturated rings. The Labute approximate surface area is 111 Å². The molecule has 0 aliphatic heterocycles. The number of hydrogen-bond donors (Lipinski definition) is 0. The molecule has 0 spiro atoms. The van der Waals surface area contributed by atoms with Crippen molar-refractivity contribution in [2.75, 3.05) is 0 Å². The van der Waals surface area contributed by atoms with E-state index in [1.54, 1.807) is 0 Å². The Kier molecular flexibility index (Phi) is 4.19. The maximum atomic E-state index is 2.45. The van der Waals surface area contributed by atoms with Crippen molar-refractivity contribution < 1.29 is 0 Å². The van der Waals surface area contributed by atoms with Crippen molar-refractivity contribution >= 4 is 5.57 Å². The molecular weight excluding hydrogens is 216 g/mol. The summed E-state index contributed by atoms with van der Waals surface area (Å²) in [7, 11) is 0. The quantitative estimate of drug-likeness (QED) is 0.647.